The van der Waals surface area contributed by atoms with E-state index in [1.807, 2.05) is 45.0 Å². The molecule has 0 unspecified atom stereocenters. The molecule has 1 saturated heterocycles. The number of nitrogens with one attached hydrogen (secondary N) is 3. The Labute approximate surface area is 190 Å². The SMILES string of the molecule is CC(C)(C)c1cc(C(=O)N2CCS(=O)(=O)CC2)c(NC(=O)Nc2c[nH]c3ccccc23)s1. The third-order valence-corrected chi connectivity index (χ3v) is 8.48. The van der Waals surface area contributed by atoms with Crippen molar-refractivity contribution in [1.82, 2.24) is 9.88 Å². The molecule has 8 nitrogen and oxygen atoms in total. The summed E-state index contributed by atoms with van der Waals surface area (Å²) in [6.45, 7) is 6.43. The normalized spacial score (nSPS) is 16.2. The maximum atomic E-state index is 13.2. The second-order valence-corrected chi connectivity index (χ2v) is 12.2. The van der Waals surface area contributed by atoms with Crippen molar-refractivity contribution in [3.05, 3.63) is 47.0 Å². The van der Waals surface area contributed by atoms with Crippen LogP contribution < -0.4 is 10.6 Å². The van der Waals surface area contributed by atoms with E-state index in [0.717, 1.165) is 15.8 Å². The number of sulfone groups is 1. The van der Waals surface area contributed by atoms with E-state index in [2.05, 4.69) is 15.6 Å². The predicted octanol–water partition coefficient (Wildman–Crippen LogP) is 4.04. The van der Waals surface area contributed by atoms with Crippen LogP contribution in [0, 0.1) is 0 Å². The van der Waals surface area contributed by atoms with Crippen LogP contribution in [0.15, 0.2) is 36.5 Å². The van der Waals surface area contributed by atoms with Gasteiger partial charge >= 0.3 is 6.03 Å². The number of H-pyrrole nitrogens is 1. The molecule has 0 saturated carbocycles. The lowest BCUT2D eigenvalue weighted by Crippen LogP contribution is -2.43. The highest BCUT2D eigenvalue weighted by Crippen LogP contribution is 2.37. The van der Waals surface area contributed by atoms with Crippen LogP contribution in [0.1, 0.15) is 36.0 Å². The number of urea groups is 1. The van der Waals surface area contributed by atoms with E-state index in [9.17, 15) is 18.0 Å². The predicted molar refractivity (Wildman–Crippen MR) is 129 cm³/mol. The molecule has 3 amide bonds. The van der Waals surface area contributed by atoms with Crippen LogP contribution in [0.2, 0.25) is 0 Å². The van der Waals surface area contributed by atoms with Crippen molar-refractivity contribution >= 4 is 54.7 Å². The molecule has 1 aromatic carbocycles. The van der Waals surface area contributed by atoms with Gasteiger partial charge in [0.2, 0.25) is 0 Å². The number of carbonyl (C=O) groups excluding carboxylic acids is 2. The Bertz CT molecular complexity index is 1270. The fraction of sp³-hybridized carbons (Fsp3) is 0.364. The van der Waals surface area contributed by atoms with Crippen LogP contribution in [0.5, 0.6) is 0 Å². The summed E-state index contributed by atoms with van der Waals surface area (Å²) in [5.41, 5.74) is 1.72. The number of fused-ring (bicyclic) bond motifs is 1. The van der Waals surface area contributed by atoms with Crippen LogP contribution in [0.25, 0.3) is 10.9 Å². The highest BCUT2D eigenvalue weighted by molar-refractivity contribution is 7.91. The van der Waals surface area contributed by atoms with Gasteiger partial charge in [-0.3, -0.25) is 10.1 Å². The Morgan fingerprint density at radius 2 is 1.78 bits per heavy atom. The van der Waals surface area contributed by atoms with Crippen molar-refractivity contribution in [2.75, 3.05) is 35.2 Å². The fourth-order valence-corrected chi connectivity index (χ4v) is 5.83. The molecule has 0 spiro atoms. The van der Waals surface area contributed by atoms with Crippen molar-refractivity contribution in [2.24, 2.45) is 0 Å². The maximum absolute atomic E-state index is 13.2. The van der Waals surface area contributed by atoms with Gasteiger partial charge in [-0.15, -0.1) is 11.3 Å². The minimum Gasteiger partial charge on any atom is -0.359 e. The monoisotopic (exact) mass is 474 g/mol. The number of rotatable bonds is 3. The molecular weight excluding hydrogens is 448 g/mol. The molecule has 170 valence electrons. The standard InChI is InChI=1S/C22H26N4O4S2/c1-22(2,3)18-12-15(20(27)26-8-10-32(29,30)11-9-26)19(31-18)25-21(28)24-17-13-23-16-7-5-4-6-14(16)17/h4-7,12-13,23H,8-11H2,1-3H3,(H2,24,25,28). The first kappa shape index (κ1) is 22.3. The Morgan fingerprint density at radius 3 is 2.47 bits per heavy atom. The summed E-state index contributed by atoms with van der Waals surface area (Å²) in [4.78, 5) is 31.6. The first-order chi connectivity index (χ1) is 15.0. The van der Waals surface area contributed by atoms with Crippen LogP contribution >= 0.6 is 11.3 Å². The molecule has 3 aromatic rings. The van der Waals surface area contributed by atoms with E-state index in [0.29, 0.717) is 16.3 Å². The zero-order valence-corrected chi connectivity index (χ0v) is 19.8. The number of nitrogens with zero attached hydrogens (tertiary/aromatic N) is 1. The molecule has 3 N–H and O–H groups in total. The molecular formula is C22H26N4O4S2. The van der Waals surface area contributed by atoms with E-state index in [1.165, 1.54) is 16.2 Å². The minimum absolute atomic E-state index is 0.0428. The molecule has 0 atom stereocenters. The van der Waals surface area contributed by atoms with Gasteiger partial charge in [-0.1, -0.05) is 39.0 Å². The molecule has 10 heteroatoms. The quantitative estimate of drug-likeness (QED) is 0.532. The number of aromatic amines is 1. The number of thiophene rings is 1. The van der Waals surface area contributed by atoms with Crippen LogP contribution in [-0.4, -0.2) is 54.8 Å². The van der Waals surface area contributed by atoms with Crippen molar-refractivity contribution in [2.45, 2.75) is 26.2 Å². The summed E-state index contributed by atoms with van der Waals surface area (Å²) >= 11 is 1.36. The van der Waals surface area contributed by atoms with Gasteiger partial charge in [-0.2, -0.15) is 0 Å². The summed E-state index contributed by atoms with van der Waals surface area (Å²) in [6, 6.07) is 8.98. The number of benzene rings is 1. The molecule has 0 aliphatic carbocycles. The van der Waals surface area contributed by atoms with E-state index in [-0.39, 0.29) is 35.9 Å². The molecule has 1 aliphatic heterocycles. The van der Waals surface area contributed by atoms with Crippen molar-refractivity contribution in [3.8, 4) is 0 Å². The van der Waals surface area contributed by atoms with Gasteiger partial charge in [0.15, 0.2) is 9.84 Å². The first-order valence-electron chi connectivity index (χ1n) is 10.3. The van der Waals surface area contributed by atoms with Gasteiger partial charge < -0.3 is 15.2 Å². The Morgan fingerprint density at radius 1 is 1.09 bits per heavy atom. The third-order valence-electron chi connectivity index (χ3n) is 5.40. The Hall–Kier alpha value is -2.85. The number of anilines is 2. The average Bonchev–Trinajstić information content (AvgIpc) is 3.32. The molecule has 2 aromatic heterocycles. The number of para-hydroxylation sites is 1. The van der Waals surface area contributed by atoms with Gasteiger partial charge in [0.25, 0.3) is 5.91 Å². The van der Waals surface area contributed by atoms with Gasteiger partial charge in [-0.25, -0.2) is 13.2 Å². The molecule has 32 heavy (non-hydrogen) atoms. The zero-order chi connectivity index (χ0) is 23.1. The third kappa shape index (κ3) is 4.66. The lowest BCUT2D eigenvalue weighted by molar-refractivity contribution is 0.0771. The zero-order valence-electron chi connectivity index (χ0n) is 18.2. The summed E-state index contributed by atoms with van der Waals surface area (Å²) in [7, 11) is -3.10. The number of hydrogen-bond donors (Lipinski definition) is 3. The van der Waals surface area contributed by atoms with E-state index >= 15 is 0 Å². The highest BCUT2D eigenvalue weighted by Gasteiger charge is 2.30. The van der Waals surface area contributed by atoms with Crippen molar-refractivity contribution < 1.29 is 18.0 Å². The number of hydrogen-bond acceptors (Lipinski definition) is 5. The van der Waals surface area contributed by atoms with Crippen LogP contribution in [0.4, 0.5) is 15.5 Å². The van der Waals surface area contributed by atoms with Crippen molar-refractivity contribution in [1.29, 1.82) is 0 Å². The van der Waals surface area contributed by atoms with E-state index < -0.39 is 15.9 Å². The van der Waals surface area contributed by atoms with Crippen molar-refractivity contribution in [3.63, 3.8) is 0 Å². The molecule has 1 fully saturated rings. The highest BCUT2D eigenvalue weighted by atomic mass is 32.2. The number of aromatic nitrogens is 1. The number of amides is 3. The second-order valence-electron chi connectivity index (χ2n) is 8.87. The molecule has 3 heterocycles. The van der Waals surface area contributed by atoms with Crippen LogP contribution in [0.3, 0.4) is 0 Å². The summed E-state index contributed by atoms with van der Waals surface area (Å²) in [6.07, 6.45) is 1.72. The summed E-state index contributed by atoms with van der Waals surface area (Å²) in [5, 5.41) is 7.00. The van der Waals surface area contributed by atoms with Gasteiger partial charge in [-0.05, 0) is 17.5 Å². The molecule has 0 radical (unpaired) electrons. The smallest absolute Gasteiger partial charge is 0.324 e. The average molecular weight is 475 g/mol. The van der Waals surface area contributed by atoms with Gasteiger partial charge in [0, 0.05) is 35.1 Å². The molecule has 4 rings (SSSR count). The largest absolute Gasteiger partial charge is 0.359 e. The maximum Gasteiger partial charge on any atom is 0.324 e. The summed E-state index contributed by atoms with van der Waals surface area (Å²) in [5.74, 6) is -0.355. The summed E-state index contributed by atoms with van der Waals surface area (Å²) < 4.78 is 23.5. The van der Waals surface area contributed by atoms with Gasteiger partial charge in [0.05, 0.1) is 22.8 Å². The Kier molecular flexibility index (Phi) is 5.76. The molecule has 0 bridgehead atoms. The van der Waals surface area contributed by atoms with Crippen LogP contribution in [-0.2, 0) is 15.3 Å². The topological polar surface area (TPSA) is 111 Å². The van der Waals surface area contributed by atoms with E-state index in [4.69, 9.17) is 0 Å². The second kappa shape index (κ2) is 8.25. The molecule has 1 aliphatic rings. The minimum atomic E-state index is -3.10. The lowest BCUT2D eigenvalue weighted by Gasteiger charge is -2.26. The first-order valence-corrected chi connectivity index (χ1v) is 13.0. The van der Waals surface area contributed by atoms with Gasteiger partial charge in [0.1, 0.15) is 5.00 Å². The Balaban J connectivity index is 1.57. The fourth-order valence-electron chi connectivity index (χ4n) is 3.53. The number of carbonyl (C=O) groups is 2. The lowest BCUT2D eigenvalue weighted by atomic mass is 9.94. The van der Waals surface area contributed by atoms with E-state index in [1.54, 1.807) is 12.3 Å².